The maximum atomic E-state index is 12.0. The van der Waals surface area contributed by atoms with Crippen LogP contribution in [0.4, 0.5) is 5.69 Å². The first-order valence-electron chi connectivity index (χ1n) is 6.31. The lowest BCUT2D eigenvalue weighted by atomic mass is 10.1. The van der Waals surface area contributed by atoms with Crippen LogP contribution in [0, 0.1) is 0 Å². The molecule has 1 aromatic carbocycles. The second-order valence-electron chi connectivity index (χ2n) is 4.50. The maximum Gasteiger partial charge on any atom is 0.269 e. The van der Waals surface area contributed by atoms with Gasteiger partial charge >= 0.3 is 0 Å². The first-order valence-corrected chi connectivity index (χ1v) is 8.04. The van der Waals surface area contributed by atoms with Crippen LogP contribution in [-0.4, -0.2) is 33.7 Å². The van der Waals surface area contributed by atoms with E-state index in [1.165, 1.54) is 0 Å². The van der Waals surface area contributed by atoms with Crippen LogP contribution in [0.25, 0.3) is 10.9 Å². The molecule has 0 saturated heterocycles. The van der Waals surface area contributed by atoms with Crippen molar-refractivity contribution >= 4 is 33.3 Å². The normalized spacial score (nSPS) is 12.2. The van der Waals surface area contributed by atoms with Gasteiger partial charge in [-0.25, -0.2) is 4.98 Å². The Morgan fingerprint density at radius 1 is 1.40 bits per heavy atom. The molecule has 2 rings (SSSR count). The Morgan fingerprint density at radius 3 is 2.90 bits per heavy atom. The minimum Gasteiger partial charge on any atom is -0.398 e. The highest BCUT2D eigenvalue weighted by molar-refractivity contribution is 7.84. The zero-order valence-electron chi connectivity index (χ0n) is 11.3. The maximum absolute atomic E-state index is 12.0. The van der Waals surface area contributed by atoms with Crippen LogP contribution >= 0.6 is 0 Å². The Hall–Kier alpha value is -1.95. The number of benzene rings is 1. The molecule has 1 heterocycles. The van der Waals surface area contributed by atoms with Crippen molar-refractivity contribution in [2.45, 2.75) is 6.42 Å². The number of nitrogen functional groups attached to an aromatic ring is 1. The third-order valence-electron chi connectivity index (χ3n) is 2.87. The van der Waals surface area contributed by atoms with Gasteiger partial charge in [-0.15, -0.1) is 0 Å². The average Bonchev–Trinajstić information content (AvgIpc) is 2.43. The van der Waals surface area contributed by atoms with Gasteiger partial charge in [-0.1, -0.05) is 18.2 Å². The Bertz CT molecular complexity index is 658. The number of para-hydroxylation sites is 1. The first kappa shape index (κ1) is 14.5. The van der Waals surface area contributed by atoms with Crippen LogP contribution in [-0.2, 0) is 10.8 Å². The number of hydrogen-bond donors (Lipinski definition) is 2. The fraction of sp³-hybridized carbons (Fsp3) is 0.286. The number of anilines is 1. The summed E-state index contributed by atoms with van der Waals surface area (Å²) < 4.78 is 10.9. The minimum atomic E-state index is -0.834. The van der Waals surface area contributed by atoms with E-state index < -0.39 is 10.8 Å². The van der Waals surface area contributed by atoms with Gasteiger partial charge < -0.3 is 11.1 Å². The largest absolute Gasteiger partial charge is 0.398 e. The van der Waals surface area contributed by atoms with Crippen molar-refractivity contribution in [2.24, 2.45) is 0 Å². The second-order valence-corrected chi connectivity index (χ2v) is 6.06. The molecule has 3 N–H and O–H groups in total. The van der Waals surface area contributed by atoms with Crippen molar-refractivity contribution in [1.82, 2.24) is 10.3 Å². The van der Waals surface area contributed by atoms with Crippen molar-refractivity contribution < 1.29 is 9.00 Å². The lowest BCUT2D eigenvalue weighted by Gasteiger charge is -2.07. The van der Waals surface area contributed by atoms with E-state index in [0.29, 0.717) is 35.6 Å². The van der Waals surface area contributed by atoms with Gasteiger partial charge in [0.25, 0.3) is 5.91 Å². The highest BCUT2D eigenvalue weighted by atomic mass is 32.2. The topological polar surface area (TPSA) is 85.1 Å². The first-order chi connectivity index (χ1) is 9.58. The van der Waals surface area contributed by atoms with E-state index in [0.717, 1.165) is 5.39 Å². The SMILES string of the molecule is CS(=O)CCCNC(=O)c1cc(N)c2ccccc2n1. The van der Waals surface area contributed by atoms with E-state index in [1.807, 2.05) is 24.3 Å². The molecule has 1 aromatic heterocycles. The fourth-order valence-corrected chi connectivity index (χ4v) is 2.44. The van der Waals surface area contributed by atoms with Crippen molar-refractivity contribution in [3.05, 3.63) is 36.0 Å². The predicted molar refractivity (Wildman–Crippen MR) is 82.0 cm³/mol. The Kier molecular flexibility index (Phi) is 4.68. The molecule has 0 saturated carbocycles. The summed E-state index contributed by atoms with van der Waals surface area (Å²) in [5.41, 5.74) is 7.47. The molecule has 0 aliphatic carbocycles. The number of nitrogens with one attached hydrogen (secondary N) is 1. The summed E-state index contributed by atoms with van der Waals surface area (Å²) in [4.78, 5) is 16.3. The molecule has 1 atom stereocenters. The average molecular weight is 291 g/mol. The summed E-state index contributed by atoms with van der Waals surface area (Å²) in [5.74, 6) is 0.317. The van der Waals surface area contributed by atoms with E-state index >= 15 is 0 Å². The number of nitrogens with two attached hydrogens (primary N) is 1. The Labute approximate surface area is 120 Å². The number of hydrogen-bond acceptors (Lipinski definition) is 4. The number of carbonyl (C=O) groups excluding carboxylic acids is 1. The number of carbonyl (C=O) groups is 1. The standard InChI is InChI=1S/C14H17N3O2S/c1-20(19)8-4-7-16-14(18)13-9-11(15)10-5-2-3-6-12(10)17-13/h2-3,5-6,9H,4,7-8H2,1H3,(H2,15,17)(H,16,18). The molecule has 0 aliphatic heterocycles. The molecule has 0 spiro atoms. The summed E-state index contributed by atoms with van der Waals surface area (Å²) in [7, 11) is -0.834. The van der Waals surface area contributed by atoms with Crippen molar-refractivity contribution in [3.8, 4) is 0 Å². The lowest BCUT2D eigenvalue weighted by Crippen LogP contribution is -2.26. The van der Waals surface area contributed by atoms with Gasteiger partial charge in [0.15, 0.2) is 0 Å². The Morgan fingerprint density at radius 2 is 2.15 bits per heavy atom. The monoisotopic (exact) mass is 291 g/mol. The summed E-state index contributed by atoms with van der Waals surface area (Å²) in [6.07, 6.45) is 2.32. The molecule has 0 radical (unpaired) electrons. The number of pyridine rings is 1. The van der Waals surface area contributed by atoms with Crippen molar-refractivity contribution in [3.63, 3.8) is 0 Å². The fourth-order valence-electron chi connectivity index (χ4n) is 1.89. The van der Waals surface area contributed by atoms with Gasteiger partial charge in [-0.2, -0.15) is 0 Å². The smallest absolute Gasteiger partial charge is 0.269 e. The summed E-state index contributed by atoms with van der Waals surface area (Å²) in [5, 5.41) is 3.59. The number of fused-ring (bicyclic) bond motifs is 1. The lowest BCUT2D eigenvalue weighted by molar-refractivity contribution is 0.0949. The summed E-state index contributed by atoms with van der Waals surface area (Å²) in [6.45, 7) is 0.479. The van der Waals surface area contributed by atoms with Gasteiger partial charge in [0.1, 0.15) is 5.69 Å². The number of aromatic nitrogens is 1. The zero-order valence-corrected chi connectivity index (χ0v) is 12.1. The van der Waals surface area contributed by atoms with Crippen LogP contribution < -0.4 is 11.1 Å². The quantitative estimate of drug-likeness (QED) is 0.814. The van der Waals surface area contributed by atoms with Crippen LogP contribution in [0.1, 0.15) is 16.9 Å². The summed E-state index contributed by atoms with van der Waals surface area (Å²) >= 11 is 0. The summed E-state index contributed by atoms with van der Waals surface area (Å²) in [6, 6.07) is 9.01. The van der Waals surface area contributed by atoms with E-state index in [9.17, 15) is 9.00 Å². The third-order valence-corrected chi connectivity index (χ3v) is 3.74. The van der Waals surface area contributed by atoms with E-state index in [2.05, 4.69) is 10.3 Å². The van der Waals surface area contributed by atoms with Crippen LogP contribution in [0.5, 0.6) is 0 Å². The molecular formula is C14H17N3O2S. The molecule has 5 nitrogen and oxygen atoms in total. The van der Waals surface area contributed by atoms with E-state index in [-0.39, 0.29) is 5.91 Å². The molecule has 6 heteroatoms. The molecule has 2 aromatic rings. The highest BCUT2D eigenvalue weighted by Crippen LogP contribution is 2.19. The van der Waals surface area contributed by atoms with Gasteiger partial charge in [-0.3, -0.25) is 9.00 Å². The van der Waals surface area contributed by atoms with Crippen LogP contribution in [0.2, 0.25) is 0 Å². The van der Waals surface area contributed by atoms with Crippen LogP contribution in [0.3, 0.4) is 0 Å². The van der Waals surface area contributed by atoms with Gasteiger partial charge in [0.05, 0.1) is 5.52 Å². The minimum absolute atomic E-state index is 0.260. The highest BCUT2D eigenvalue weighted by Gasteiger charge is 2.10. The third kappa shape index (κ3) is 3.54. The van der Waals surface area contributed by atoms with E-state index in [1.54, 1.807) is 12.3 Å². The van der Waals surface area contributed by atoms with Gasteiger partial charge in [0, 0.05) is 40.4 Å². The number of amides is 1. The van der Waals surface area contributed by atoms with Crippen molar-refractivity contribution in [2.75, 3.05) is 24.3 Å². The molecular weight excluding hydrogens is 274 g/mol. The molecule has 0 aliphatic rings. The second kappa shape index (κ2) is 6.47. The van der Waals surface area contributed by atoms with Gasteiger partial charge in [-0.05, 0) is 18.6 Å². The van der Waals surface area contributed by atoms with Crippen molar-refractivity contribution in [1.29, 1.82) is 0 Å². The molecule has 0 fully saturated rings. The molecule has 106 valence electrons. The predicted octanol–water partition coefficient (Wildman–Crippen LogP) is 1.32. The molecule has 0 bridgehead atoms. The molecule has 1 unspecified atom stereocenters. The van der Waals surface area contributed by atoms with Gasteiger partial charge in [0.2, 0.25) is 0 Å². The zero-order chi connectivity index (χ0) is 14.5. The number of nitrogens with zero attached hydrogens (tertiary/aromatic N) is 1. The van der Waals surface area contributed by atoms with Crippen LogP contribution in [0.15, 0.2) is 30.3 Å². The number of rotatable bonds is 5. The molecule has 20 heavy (non-hydrogen) atoms. The molecule has 1 amide bonds. The Balaban J connectivity index is 2.08. The van der Waals surface area contributed by atoms with E-state index in [4.69, 9.17) is 5.73 Å².